The maximum Gasteiger partial charge on any atom is 0.416 e. The summed E-state index contributed by atoms with van der Waals surface area (Å²) in [4.78, 5) is 0. The van der Waals surface area contributed by atoms with Gasteiger partial charge in [-0.3, -0.25) is 0 Å². The average Bonchev–Trinajstić information content (AvgIpc) is 2.24. The van der Waals surface area contributed by atoms with Crippen molar-refractivity contribution in [3.8, 4) is 0 Å². The second-order valence-electron chi connectivity index (χ2n) is 3.70. The normalized spacial score (nSPS) is 12.7. The molecule has 0 saturated carbocycles. The lowest BCUT2D eigenvalue weighted by molar-refractivity contribution is -0.138. The number of hydrogen-bond acceptors (Lipinski definition) is 1. The summed E-state index contributed by atoms with van der Waals surface area (Å²) < 4.78 is 50.8. The van der Waals surface area contributed by atoms with Gasteiger partial charge in [0.15, 0.2) is 0 Å². The Morgan fingerprint density at radius 1 is 1.33 bits per heavy atom. The maximum absolute atomic E-state index is 12.8. The van der Waals surface area contributed by atoms with E-state index in [0.717, 1.165) is 12.1 Å². The first kappa shape index (κ1) is 16.9. The highest BCUT2D eigenvalue weighted by molar-refractivity contribution is 5.85. The van der Waals surface area contributed by atoms with E-state index >= 15 is 0 Å². The van der Waals surface area contributed by atoms with E-state index in [2.05, 4.69) is 6.58 Å². The molecule has 0 aliphatic heterocycles. The first-order valence-corrected chi connectivity index (χ1v) is 5.09. The third-order valence-electron chi connectivity index (χ3n) is 2.40. The lowest BCUT2D eigenvalue weighted by Gasteiger charge is -2.17. The Balaban J connectivity index is 0.00000289. The van der Waals surface area contributed by atoms with E-state index in [4.69, 9.17) is 5.73 Å². The Morgan fingerprint density at radius 2 is 1.94 bits per heavy atom. The quantitative estimate of drug-likeness (QED) is 0.649. The molecular weight excluding hydrogens is 270 g/mol. The van der Waals surface area contributed by atoms with Gasteiger partial charge in [0.1, 0.15) is 5.82 Å². The van der Waals surface area contributed by atoms with Gasteiger partial charge in [0.05, 0.1) is 5.56 Å². The van der Waals surface area contributed by atoms with Crippen LogP contribution in [-0.2, 0) is 6.18 Å². The summed E-state index contributed by atoms with van der Waals surface area (Å²) in [5.41, 5.74) is 4.57. The predicted octanol–water partition coefficient (Wildman–Crippen LogP) is 4.23. The SMILES string of the molecule is C=CCC[C@@H](N)c1ccc(F)cc1C(F)(F)F.Cl. The predicted molar refractivity (Wildman–Crippen MR) is 65.0 cm³/mol. The molecule has 1 aromatic rings. The van der Waals surface area contributed by atoms with Crippen LogP contribution in [-0.4, -0.2) is 0 Å². The fourth-order valence-corrected chi connectivity index (χ4v) is 1.55. The van der Waals surface area contributed by atoms with Crippen molar-refractivity contribution in [1.29, 1.82) is 0 Å². The molecule has 0 aromatic heterocycles. The number of hydrogen-bond donors (Lipinski definition) is 1. The van der Waals surface area contributed by atoms with Crippen LogP contribution >= 0.6 is 12.4 Å². The standard InChI is InChI=1S/C12H13F4N.ClH/c1-2-3-4-11(17)9-6-5-8(13)7-10(9)12(14,15)16;/h2,5-7,11H,1,3-4,17H2;1H/t11-;/m1./s1. The summed E-state index contributed by atoms with van der Waals surface area (Å²) in [6, 6.07) is 1.78. The van der Waals surface area contributed by atoms with Gasteiger partial charge in [-0.15, -0.1) is 19.0 Å². The van der Waals surface area contributed by atoms with E-state index in [-0.39, 0.29) is 18.0 Å². The monoisotopic (exact) mass is 283 g/mol. The van der Waals surface area contributed by atoms with Crippen molar-refractivity contribution in [3.05, 3.63) is 47.8 Å². The third kappa shape index (κ3) is 4.31. The van der Waals surface area contributed by atoms with Gasteiger partial charge in [-0.1, -0.05) is 12.1 Å². The highest BCUT2D eigenvalue weighted by atomic mass is 35.5. The minimum absolute atomic E-state index is 0. The smallest absolute Gasteiger partial charge is 0.324 e. The van der Waals surface area contributed by atoms with E-state index in [1.165, 1.54) is 0 Å². The minimum Gasteiger partial charge on any atom is -0.324 e. The molecule has 0 amide bonds. The topological polar surface area (TPSA) is 26.0 Å². The molecule has 0 aliphatic rings. The molecule has 0 radical (unpaired) electrons. The Labute approximate surface area is 109 Å². The van der Waals surface area contributed by atoms with E-state index in [9.17, 15) is 17.6 Å². The van der Waals surface area contributed by atoms with Crippen LogP contribution in [0.25, 0.3) is 0 Å². The zero-order valence-electron chi connectivity index (χ0n) is 9.51. The van der Waals surface area contributed by atoms with Gasteiger partial charge in [-0.25, -0.2) is 4.39 Å². The van der Waals surface area contributed by atoms with Crippen LogP contribution in [0.1, 0.15) is 30.0 Å². The molecule has 0 bridgehead atoms. The summed E-state index contributed by atoms with van der Waals surface area (Å²) >= 11 is 0. The van der Waals surface area contributed by atoms with Crippen LogP contribution in [0.2, 0.25) is 0 Å². The first-order valence-electron chi connectivity index (χ1n) is 5.09. The molecule has 0 unspecified atom stereocenters. The number of rotatable bonds is 4. The second-order valence-corrected chi connectivity index (χ2v) is 3.70. The molecule has 1 nitrogen and oxygen atoms in total. The summed E-state index contributed by atoms with van der Waals surface area (Å²) in [5, 5.41) is 0. The Hall–Kier alpha value is -1.07. The van der Waals surface area contributed by atoms with E-state index in [1.807, 2.05) is 0 Å². The molecule has 0 aliphatic carbocycles. The van der Waals surface area contributed by atoms with Crippen LogP contribution < -0.4 is 5.73 Å². The number of allylic oxidation sites excluding steroid dienone is 1. The number of nitrogens with two attached hydrogens (primary N) is 1. The van der Waals surface area contributed by atoms with Crippen molar-refractivity contribution in [2.24, 2.45) is 5.73 Å². The summed E-state index contributed by atoms with van der Waals surface area (Å²) in [5.74, 6) is -0.919. The Morgan fingerprint density at radius 3 is 2.44 bits per heavy atom. The molecule has 18 heavy (non-hydrogen) atoms. The highest BCUT2D eigenvalue weighted by Crippen LogP contribution is 2.35. The fraction of sp³-hybridized carbons (Fsp3) is 0.333. The average molecular weight is 284 g/mol. The molecule has 0 saturated heterocycles. The molecule has 102 valence electrons. The van der Waals surface area contributed by atoms with E-state index in [0.29, 0.717) is 18.9 Å². The largest absolute Gasteiger partial charge is 0.416 e. The van der Waals surface area contributed by atoms with Gasteiger partial charge in [-0.2, -0.15) is 13.2 Å². The fourth-order valence-electron chi connectivity index (χ4n) is 1.55. The molecule has 0 spiro atoms. The summed E-state index contributed by atoms with van der Waals surface area (Å²) in [6.45, 7) is 3.47. The minimum atomic E-state index is -4.59. The Kier molecular flexibility index (Phi) is 6.35. The van der Waals surface area contributed by atoms with E-state index in [1.54, 1.807) is 6.08 Å². The van der Waals surface area contributed by atoms with Crippen molar-refractivity contribution in [3.63, 3.8) is 0 Å². The molecule has 1 atom stereocenters. The van der Waals surface area contributed by atoms with Crippen molar-refractivity contribution in [2.45, 2.75) is 25.1 Å². The van der Waals surface area contributed by atoms with Crippen LogP contribution in [0.15, 0.2) is 30.9 Å². The molecular formula is C12H14ClF4N. The first-order chi connectivity index (χ1) is 7.86. The lowest BCUT2D eigenvalue weighted by Crippen LogP contribution is -2.17. The number of halogens is 5. The second kappa shape index (κ2) is 6.75. The molecule has 6 heteroatoms. The van der Waals surface area contributed by atoms with E-state index < -0.39 is 23.6 Å². The summed E-state index contributed by atoms with van der Waals surface area (Å²) in [7, 11) is 0. The third-order valence-corrected chi connectivity index (χ3v) is 2.40. The van der Waals surface area contributed by atoms with Crippen molar-refractivity contribution < 1.29 is 17.6 Å². The van der Waals surface area contributed by atoms with Crippen LogP contribution in [0.3, 0.4) is 0 Å². The molecule has 1 rings (SSSR count). The van der Waals surface area contributed by atoms with Gasteiger partial charge < -0.3 is 5.73 Å². The van der Waals surface area contributed by atoms with Crippen molar-refractivity contribution in [2.75, 3.05) is 0 Å². The highest BCUT2D eigenvalue weighted by Gasteiger charge is 2.34. The van der Waals surface area contributed by atoms with Crippen LogP contribution in [0.5, 0.6) is 0 Å². The zero-order chi connectivity index (χ0) is 13.1. The Bertz CT molecular complexity index is 404. The van der Waals surface area contributed by atoms with Crippen molar-refractivity contribution >= 4 is 12.4 Å². The van der Waals surface area contributed by atoms with Gasteiger partial charge in [0.25, 0.3) is 0 Å². The summed E-state index contributed by atoms with van der Waals surface area (Å²) in [6.07, 6.45) is -2.16. The molecule has 1 aromatic carbocycles. The molecule has 0 heterocycles. The van der Waals surface area contributed by atoms with Gasteiger partial charge in [0.2, 0.25) is 0 Å². The van der Waals surface area contributed by atoms with Crippen molar-refractivity contribution in [1.82, 2.24) is 0 Å². The van der Waals surface area contributed by atoms with Gasteiger partial charge >= 0.3 is 6.18 Å². The number of benzene rings is 1. The van der Waals surface area contributed by atoms with Crippen LogP contribution in [0, 0.1) is 5.82 Å². The lowest BCUT2D eigenvalue weighted by atomic mass is 9.97. The molecule has 2 N–H and O–H groups in total. The molecule has 0 fully saturated rings. The van der Waals surface area contributed by atoms with Gasteiger partial charge in [-0.05, 0) is 30.5 Å². The van der Waals surface area contributed by atoms with Gasteiger partial charge in [0, 0.05) is 6.04 Å². The maximum atomic E-state index is 12.8. The van der Waals surface area contributed by atoms with Crippen LogP contribution in [0.4, 0.5) is 17.6 Å². The zero-order valence-corrected chi connectivity index (χ0v) is 10.3. The number of alkyl halides is 3.